The first-order chi connectivity index (χ1) is 14.8. The second-order valence-electron chi connectivity index (χ2n) is 7.63. The van der Waals surface area contributed by atoms with E-state index in [2.05, 4.69) is 26.8 Å². The molecular formula is C23H26BrN3O4. The van der Waals surface area contributed by atoms with E-state index in [1.165, 1.54) is 6.92 Å². The van der Waals surface area contributed by atoms with Crippen LogP contribution in [0.25, 0.3) is 0 Å². The van der Waals surface area contributed by atoms with Gasteiger partial charge in [0.25, 0.3) is 0 Å². The molecule has 0 saturated carbocycles. The molecule has 7 nitrogen and oxygen atoms in total. The van der Waals surface area contributed by atoms with Crippen LogP contribution in [0.1, 0.15) is 50.3 Å². The van der Waals surface area contributed by atoms with E-state index in [0.29, 0.717) is 19.4 Å². The number of ether oxygens (including phenoxy) is 1. The van der Waals surface area contributed by atoms with Crippen LogP contribution in [0.15, 0.2) is 59.1 Å². The van der Waals surface area contributed by atoms with E-state index in [1.807, 2.05) is 61.5 Å². The van der Waals surface area contributed by atoms with Crippen molar-refractivity contribution >= 4 is 33.8 Å². The Morgan fingerprint density at radius 2 is 1.81 bits per heavy atom. The van der Waals surface area contributed by atoms with Gasteiger partial charge in [-0.2, -0.15) is 0 Å². The van der Waals surface area contributed by atoms with Crippen LogP contribution < -0.4 is 10.9 Å². The second-order valence-corrected chi connectivity index (χ2v) is 8.54. The van der Waals surface area contributed by atoms with Crippen molar-refractivity contribution in [2.45, 2.75) is 44.8 Å². The van der Waals surface area contributed by atoms with Crippen molar-refractivity contribution in [2.24, 2.45) is 0 Å². The van der Waals surface area contributed by atoms with Gasteiger partial charge >= 0.3 is 6.09 Å². The van der Waals surface area contributed by atoms with Crippen LogP contribution in [0.4, 0.5) is 4.79 Å². The molecule has 0 spiro atoms. The molecule has 8 heteroatoms. The molecule has 2 aromatic rings. The van der Waals surface area contributed by atoms with Crippen molar-refractivity contribution in [1.29, 1.82) is 0 Å². The summed E-state index contributed by atoms with van der Waals surface area (Å²) in [5, 5.41) is 0. The molecule has 0 aromatic heterocycles. The van der Waals surface area contributed by atoms with Crippen LogP contribution in [-0.4, -0.2) is 29.4 Å². The maximum Gasteiger partial charge on any atom is 0.411 e. The van der Waals surface area contributed by atoms with Crippen molar-refractivity contribution in [2.75, 3.05) is 6.54 Å². The van der Waals surface area contributed by atoms with E-state index in [0.717, 1.165) is 15.6 Å². The first kappa shape index (κ1) is 22.8. The van der Waals surface area contributed by atoms with Crippen LogP contribution in [0.2, 0.25) is 0 Å². The van der Waals surface area contributed by atoms with E-state index >= 15 is 0 Å². The monoisotopic (exact) mass is 487 g/mol. The van der Waals surface area contributed by atoms with Gasteiger partial charge in [0.1, 0.15) is 5.60 Å². The molecule has 1 fully saturated rings. The van der Waals surface area contributed by atoms with Crippen molar-refractivity contribution in [3.05, 3.63) is 70.2 Å². The van der Waals surface area contributed by atoms with E-state index in [1.54, 1.807) is 4.90 Å². The first-order valence-electron chi connectivity index (χ1n) is 10.2. The Kier molecular flexibility index (Phi) is 7.33. The Balaban J connectivity index is 1.75. The number of rotatable bonds is 6. The number of nitrogens with zero attached hydrogens (tertiary/aromatic N) is 1. The number of halogens is 1. The Hall–Kier alpha value is -2.87. The van der Waals surface area contributed by atoms with E-state index in [9.17, 15) is 14.4 Å². The summed E-state index contributed by atoms with van der Waals surface area (Å²) in [5.74, 6) is -0.694. The molecule has 0 radical (unpaired) electrons. The number of amides is 3. The molecule has 2 N–H and O–H groups in total. The Morgan fingerprint density at radius 1 is 1.13 bits per heavy atom. The molecule has 2 atom stereocenters. The number of nitrogens with one attached hydrogen (secondary N) is 2. The van der Waals surface area contributed by atoms with E-state index in [-0.39, 0.29) is 24.3 Å². The quantitative estimate of drug-likeness (QED) is 0.597. The third kappa shape index (κ3) is 5.64. The maximum absolute atomic E-state index is 13.1. The van der Waals surface area contributed by atoms with Crippen LogP contribution >= 0.6 is 15.9 Å². The number of cyclic esters (lactones) is 1. The van der Waals surface area contributed by atoms with Gasteiger partial charge < -0.3 is 9.64 Å². The van der Waals surface area contributed by atoms with Gasteiger partial charge in [-0.15, -0.1) is 0 Å². The summed E-state index contributed by atoms with van der Waals surface area (Å²) in [5.41, 5.74) is 5.61. The topological polar surface area (TPSA) is 87.7 Å². The first-order valence-corrected chi connectivity index (χ1v) is 11.0. The number of hydrogen-bond acceptors (Lipinski definition) is 4. The molecule has 1 heterocycles. The highest BCUT2D eigenvalue weighted by molar-refractivity contribution is 9.10. The minimum Gasteiger partial charge on any atom is -0.438 e. The average molecular weight is 488 g/mol. The van der Waals surface area contributed by atoms with Crippen LogP contribution in [0, 0.1) is 0 Å². The molecule has 1 saturated heterocycles. The third-order valence-corrected chi connectivity index (χ3v) is 6.06. The fraction of sp³-hybridized carbons (Fsp3) is 0.348. The smallest absolute Gasteiger partial charge is 0.411 e. The number of carbonyl (C=O) groups excluding carboxylic acids is 3. The van der Waals surface area contributed by atoms with Crippen LogP contribution in [0.3, 0.4) is 0 Å². The van der Waals surface area contributed by atoms with Crippen molar-refractivity contribution < 1.29 is 19.1 Å². The lowest BCUT2D eigenvalue weighted by Crippen LogP contribution is -2.49. The lowest BCUT2D eigenvalue weighted by molar-refractivity contribution is -0.129. The van der Waals surface area contributed by atoms with Gasteiger partial charge in [-0.25, -0.2) is 4.79 Å². The van der Waals surface area contributed by atoms with Crippen LogP contribution in [-0.2, 0) is 19.9 Å². The second kappa shape index (κ2) is 9.96. The fourth-order valence-electron chi connectivity index (χ4n) is 3.74. The Bertz CT molecular complexity index is 936. The molecule has 31 heavy (non-hydrogen) atoms. The molecule has 1 aliphatic heterocycles. The summed E-state index contributed by atoms with van der Waals surface area (Å²) in [6.45, 7) is 3.79. The molecular weight excluding hydrogens is 462 g/mol. The Labute approximate surface area is 190 Å². The van der Waals surface area contributed by atoms with Crippen molar-refractivity contribution in [1.82, 2.24) is 15.8 Å². The summed E-state index contributed by atoms with van der Waals surface area (Å²) in [4.78, 5) is 37.9. The van der Waals surface area contributed by atoms with Gasteiger partial charge in [-0.3, -0.25) is 20.4 Å². The van der Waals surface area contributed by atoms with Gasteiger partial charge in [-0.05, 0) is 30.2 Å². The van der Waals surface area contributed by atoms with Crippen molar-refractivity contribution in [3.8, 4) is 0 Å². The summed E-state index contributed by atoms with van der Waals surface area (Å²) in [6.07, 6.45) is 0.559. The predicted molar refractivity (Wildman–Crippen MR) is 120 cm³/mol. The van der Waals surface area contributed by atoms with E-state index < -0.39 is 11.7 Å². The molecule has 0 aliphatic carbocycles. The zero-order chi connectivity index (χ0) is 22.4. The van der Waals surface area contributed by atoms with Gasteiger partial charge in [0, 0.05) is 37.2 Å². The molecule has 3 amide bonds. The number of benzene rings is 2. The largest absolute Gasteiger partial charge is 0.438 e. The average Bonchev–Trinajstić information content (AvgIpc) is 2.77. The molecule has 3 rings (SSSR count). The lowest BCUT2D eigenvalue weighted by atomic mass is 9.84. The minimum atomic E-state index is -0.901. The predicted octanol–water partition coefficient (Wildman–Crippen LogP) is 4.20. The summed E-state index contributed by atoms with van der Waals surface area (Å²) in [7, 11) is 0. The molecule has 0 unspecified atom stereocenters. The maximum atomic E-state index is 13.1. The summed E-state index contributed by atoms with van der Waals surface area (Å²) < 4.78 is 7.00. The standard InChI is InChI=1S/C23H26BrN3O4/c1-16(18-8-10-20(24)11-9-18)27-15-14-23(31-22(27)30,19-6-4-3-5-7-19)13-12-21(29)26-25-17(2)28/h3-11,16H,12-15H2,1-2H3,(H,25,28)(H,26,29)/t16-,23+/m0/s1. The highest BCUT2D eigenvalue weighted by atomic mass is 79.9. The zero-order valence-corrected chi connectivity index (χ0v) is 19.1. The van der Waals surface area contributed by atoms with Crippen LogP contribution in [0.5, 0.6) is 0 Å². The normalized spacial score (nSPS) is 19.3. The van der Waals surface area contributed by atoms with Gasteiger partial charge in [-0.1, -0.05) is 58.4 Å². The SMILES string of the molecule is CC(=O)NNC(=O)CC[C@]1(c2ccccc2)CCN([C@@H](C)c2ccc(Br)cc2)C(=O)O1. The summed E-state index contributed by atoms with van der Waals surface area (Å²) >= 11 is 3.43. The molecule has 0 bridgehead atoms. The minimum absolute atomic E-state index is 0.102. The van der Waals surface area contributed by atoms with Crippen molar-refractivity contribution in [3.63, 3.8) is 0 Å². The zero-order valence-electron chi connectivity index (χ0n) is 17.6. The van der Waals surface area contributed by atoms with Gasteiger partial charge in [0.05, 0.1) is 6.04 Å². The highest BCUT2D eigenvalue weighted by Gasteiger charge is 2.43. The summed E-state index contributed by atoms with van der Waals surface area (Å²) in [6, 6.07) is 17.2. The Morgan fingerprint density at radius 3 is 2.42 bits per heavy atom. The number of carbonyl (C=O) groups is 3. The van der Waals surface area contributed by atoms with Gasteiger partial charge in [0.2, 0.25) is 11.8 Å². The number of hydrogen-bond donors (Lipinski definition) is 2. The highest BCUT2D eigenvalue weighted by Crippen LogP contribution is 2.40. The van der Waals surface area contributed by atoms with E-state index in [4.69, 9.17) is 4.74 Å². The number of hydrazine groups is 1. The van der Waals surface area contributed by atoms with Gasteiger partial charge in [0.15, 0.2) is 0 Å². The third-order valence-electron chi connectivity index (χ3n) is 5.53. The fourth-order valence-corrected chi connectivity index (χ4v) is 4.01. The molecule has 2 aromatic carbocycles. The lowest BCUT2D eigenvalue weighted by Gasteiger charge is -2.43. The molecule has 164 valence electrons. The molecule has 1 aliphatic rings.